The molecule has 0 aliphatic heterocycles. The zero-order valence-electron chi connectivity index (χ0n) is 18.8. The number of rotatable bonds is 10. The zero-order chi connectivity index (χ0) is 24.0. The van der Waals surface area contributed by atoms with Crippen LogP contribution in [0.15, 0.2) is 30.6 Å². The summed E-state index contributed by atoms with van der Waals surface area (Å²) in [5, 5.41) is 22.3. The molecule has 0 spiro atoms. The highest BCUT2D eigenvalue weighted by Crippen LogP contribution is 2.28. The molecular formula is C23H32N6O4. The molecule has 1 saturated carbocycles. The second kappa shape index (κ2) is 11.0. The van der Waals surface area contributed by atoms with E-state index in [1.807, 2.05) is 0 Å². The van der Waals surface area contributed by atoms with E-state index in [1.54, 1.807) is 36.0 Å². The fourth-order valence-corrected chi connectivity index (χ4v) is 4.43. The number of aliphatic carboxylic acids is 1. The minimum Gasteiger partial charge on any atom is -0.480 e. The van der Waals surface area contributed by atoms with Gasteiger partial charge in [-0.3, -0.25) is 29.7 Å². The molecule has 0 saturated heterocycles. The first-order chi connectivity index (χ1) is 15.8. The van der Waals surface area contributed by atoms with Gasteiger partial charge < -0.3 is 20.7 Å². The molecule has 10 heteroatoms. The van der Waals surface area contributed by atoms with Crippen molar-refractivity contribution < 1.29 is 19.5 Å². The summed E-state index contributed by atoms with van der Waals surface area (Å²) in [6, 6.07) is 4.23. The smallest absolute Gasteiger partial charge is 0.317 e. The van der Waals surface area contributed by atoms with Crippen LogP contribution in [0.3, 0.4) is 0 Å². The Bertz CT molecular complexity index is 1020. The van der Waals surface area contributed by atoms with Crippen molar-refractivity contribution in [1.82, 2.24) is 19.8 Å². The summed E-state index contributed by atoms with van der Waals surface area (Å²) in [4.78, 5) is 37.2. The fraction of sp³-hybridized carbons (Fsp3) is 0.478. The standard InChI is InChI=1S/C23H32N6O4/c1-28-14-16(11-19(28)21(24)25)12-27-22(32)18-8-5-9-29(18)23(33)17(26-13-20(30)31)10-15-6-3-2-4-7-15/h5,8-9,11,14-15,17,26H,2-4,6-7,10,12-13H2,1H3,(H3,24,25)(H,27,32)(H,30,31). The van der Waals surface area contributed by atoms with E-state index < -0.39 is 17.9 Å². The highest BCUT2D eigenvalue weighted by atomic mass is 16.4. The summed E-state index contributed by atoms with van der Waals surface area (Å²) in [5.74, 6) is -1.50. The van der Waals surface area contributed by atoms with Gasteiger partial charge in [0.15, 0.2) is 0 Å². The van der Waals surface area contributed by atoms with Crippen molar-refractivity contribution in [2.45, 2.75) is 51.1 Å². The second-order valence-corrected chi connectivity index (χ2v) is 8.61. The number of aromatic nitrogens is 2. The van der Waals surface area contributed by atoms with E-state index in [4.69, 9.17) is 16.2 Å². The van der Waals surface area contributed by atoms with E-state index in [-0.39, 0.29) is 30.5 Å². The highest BCUT2D eigenvalue weighted by Gasteiger charge is 2.27. The monoisotopic (exact) mass is 456 g/mol. The Labute approximate surface area is 192 Å². The van der Waals surface area contributed by atoms with Gasteiger partial charge >= 0.3 is 5.97 Å². The van der Waals surface area contributed by atoms with Crippen LogP contribution in [-0.2, 0) is 18.4 Å². The van der Waals surface area contributed by atoms with Crippen molar-refractivity contribution in [1.29, 1.82) is 5.41 Å². The predicted molar refractivity (Wildman–Crippen MR) is 123 cm³/mol. The Morgan fingerprint density at radius 3 is 2.61 bits per heavy atom. The topological polar surface area (TPSA) is 155 Å². The number of hydrogen-bond donors (Lipinski definition) is 5. The minimum atomic E-state index is -1.03. The number of carbonyl (C=O) groups is 3. The Balaban J connectivity index is 1.70. The minimum absolute atomic E-state index is 0.0626. The number of amides is 1. The Hall–Kier alpha value is -3.40. The quantitative estimate of drug-likeness (QED) is 0.271. The number of carboxylic acid groups (broad SMARTS) is 1. The number of nitrogens with two attached hydrogens (primary N) is 1. The van der Waals surface area contributed by atoms with E-state index in [0.717, 1.165) is 31.2 Å². The van der Waals surface area contributed by atoms with Gasteiger partial charge in [0, 0.05) is 26.0 Å². The van der Waals surface area contributed by atoms with Crippen LogP contribution in [0, 0.1) is 11.3 Å². The van der Waals surface area contributed by atoms with Crippen LogP contribution in [0.2, 0.25) is 0 Å². The first kappa shape index (κ1) is 24.2. The molecule has 1 aliphatic carbocycles. The van der Waals surface area contributed by atoms with Gasteiger partial charge in [-0.2, -0.15) is 0 Å². The molecule has 6 N–H and O–H groups in total. The lowest BCUT2D eigenvalue weighted by Gasteiger charge is -2.26. The lowest BCUT2D eigenvalue weighted by molar-refractivity contribution is -0.136. The van der Waals surface area contributed by atoms with Crippen molar-refractivity contribution in [3.63, 3.8) is 0 Å². The normalized spacial score (nSPS) is 15.2. The van der Waals surface area contributed by atoms with Crippen LogP contribution >= 0.6 is 0 Å². The van der Waals surface area contributed by atoms with Crippen LogP contribution in [0.25, 0.3) is 0 Å². The van der Waals surface area contributed by atoms with E-state index in [1.165, 1.54) is 17.2 Å². The maximum atomic E-state index is 13.3. The number of nitrogens with one attached hydrogen (secondary N) is 3. The maximum absolute atomic E-state index is 13.3. The maximum Gasteiger partial charge on any atom is 0.317 e. The largest absolute Gasteiger partial charge is 0.480 e. The van der Waals surface area contributed by atoms with Crippen molar-refractivity contribution in [3.05, 3.63) is 47.5 Å². The zero-order valence-corrected chi connectivity index (χ0v) is 18.8. The Kier molecular flexibility index (Phi) is 8.05. The first-order valence-corrected chi connectivity index (χ1v) is 11.2. The second-order valence-electron chi connectivity index (χ2n) is 8.61. The Morgan fingerprint density at radius 1 is 1.24 bits per heavy atom. The molecule has 1 aliphatic rings. The third-order valence-corrected chi connectivity index (χ3v) is 6.10. The number of hydrogen-bond acceptors (Lipinski definition) is 5. The van der Waals surface area contributed by atoms with Gasteiger partial charge in [-0.1, -0.05) is 32.1 Å². The molecule has 178 valence electrons. The van der Waals surface area contributed by atoms with E-state index in [2.05, 4.69) is 10.6 Å². The molecule has 1 atom stereocenters. The molecule has 10 nitrogen and oxygen atoms in total. The summed E-state index contributed by atoms with van der Waals surface area (Å²) in [6.45, 7) is -0.111. The molecule has 2 aromatic heterocycles. The first-order valence-electron chi connectivity index (χ1n) is 11.2. The van der Waals surface area contributed by atoms with Gasteiger partial charge in [0.1, 0.15) is 11.5 Å². The van der Waals surface area contributed by atoms with E-state index in [9.17, 15) is 14.4 Å². The fourth-order valence-electron chi connectivity index (χ4n) is 4.43. The van der Waals surface area contributed by atoms with E-state index >= 15 is 0 Å². The van der Waals surface area contributed by atoms with Crippen LogP contribution in [0.5, 0.6) is 0 Å². The van der Waals surface area contributed by atoms with E-state index in [0.29, 0.717) is 18.0 Å². The number of aryl methyl sites for hydroxylation is 1. The van der Waals surface area contributed by atoms with Crippen LogP contribution < -0.4 is 16.4 Å². The molecule has 2 aromatic rings. The molecule has 33 heavy (non-hydrogen) atoms. The number of nitrogens with zero attached hydrogens (tertiary/aromatic N) is 2. The van der Waals surface area contributed by atoms with Gasteiger partial charge in [0.25, 0.3) is 5.91 Å². The van der Waals surface area contributed by atoms with Gasteiger partial charge in [-0.15, -0.1) is 0 Å². The molecule has 3 rings (SSSR count). The predicted octanol–water partition coefficient (Wildman–Crippen LogP) is 1.69. The molecule has 0 aromatic carbocycles. The Morgan fingerprint density at radius 2 is 1.97 bits per heavy atom. The molecule has 1 unspecified atom stereocenters. The van der Waals surface area contributed by atoms with Gasteiger partial charge in [-0.05, 0) is 36.1 Å². The van der Waals surface area contributed by atoms with Gasteiger partial charge in [0.2, 0.25) is 5.91 Å². The molecule has 0 bridgehead atoms. The lowest BCUT2D eigenvalue weighted by atomic mass is 9.84. The third-order valence-electron chi connectivity index (χ3n) is 6.10. The van der Waals surface area contributed by atoms with Crippen molar-refractivity contribution >= 4 is 23.6 Å². The lowest BCUT2D eigenvalue weighted by Crippen LogP contribution is -2.44. The molecule has 1 fully saturated rings. The van der Waals surface area contributed by atoms with Gasteiger partial charge in [-0.25, -0.2) is 0 Å². The SMILES string of the molecule is Cn1cc(CNC(=O)c2cccn2C(=O)C(CC2CCCCC2)NCC(=O)O)cc1C(=N)N. The number of nitrogen functional groups attached to an aromatic ring is 1. The summed E-state index contributed by atoms with van der Waals surface area (Å²) in [7, 11) is 1.77. The van der Waals surface area contributed by atoms with Crippen LogP contribution in [-0.4, -0.2) is 50.4 Å². The summed E-state index contributed by atoms with van der Waals surface area (Å²) < 4.78 is 3.00. The van der Waals surface area contributed by atoms with Crippen molar-refractivity contribution in [2.24, 2.45) is 18.7 Å². The highest BCUT2D eigenvalue weighted by molar-refractivity contribution is 5.98. The average Bonchev–Trinajstić information content (AvgIpc) is 3.42. The van der Waals surface area contributed by atoms with Crippen molar-refractivity contribution in [2.75, 3.05) is 6.54 Å². The van der Waals surface area contributed by atoms with Crippen LogP contribution in [0.4, 0.5) is 0 Å². The molecule has 2 heterocycles. The third kappa shape index (κ3) is 6.32. The molecular weight excluding hydrogens is 424 g/mol. The number of carboxylic acids is 1. The summed E-state index contributed by atoms with van der Waals surface area (Å²) in [6.07, 6.45) is 9.33. The van der Waals surface area contributed by atoms with Crippen molar-refractivity contribution in [3.8, 4) is 0 Å². The number of carbonyl (C=O) groups excluding carboxylic acids is 2. The molecule has 1 amide bonds. The summed E-state index contributed by atoms with van der Waals surface area (Å²) in [5.41, 5.74) is 7.06. The van der Waals surface area contributed by atoms with Gasteiger partial charge in [0.05, 0.1) is 18.3 Å². The summed E-state index contributed by atoms with van der Waals surface area (Å²) >= 11 is 0. The van der Waals surface area contributed by atoms with Crippen LogP contribution in [0.1, 0.15) is 65.1 Å². The average molecular weight is 457 g/mol. The number of amidine groups is 1. The molecule has 0 radical (unpaired) electrons.